The first-order valence-electron chi connectivity index (χ1n) is 35.8. The molecule has 4 aromatic carbocycles. The number of carbonyl (C=O) groups excluding carboxylic acids is 7. The third-order valence-electron chi connectivity index (χ3n) is 19.5. The van der Waals surface area contributed by atoms with Gasteiger partial charge in [-0.25, -0.2) is 14.4 Å². The Morgan fingerprint density at radius 3 is 0.991 bits per heavy atom. The van der Waals surface area contributed by atoms with Crippen LogP contribution in [0.1, 0.15) is 164 Å². The largest absolute Gasteiger partial charge is 0.478 e. The Morgan fingerprint density at radius 1 is 0.427 bits per heavy atom. The number of hydrogen-bond donors (Lipinski definition) is 3. The number of carboxylic acids is 1. The van der Waals surface area contributed by atoms with E-state index in [0.717, 1.165) is 143 Å². The van der Waals surface area contributed by atoms with Crippen molar-refractivity contribution in [2.75, 3.05) is 72.6 Å². The van der Waals surface area contributed by atoms with Crippen molar-refractivity contribution in [1.29, 1.82) is 0 Å². The van der Waals surface area contributed by atoms with E-state index in [1.165, 1.54) is 96.2 Å². The van der Waals surface area contributed by atoms with Gasteiger partial charge in [-0.05, 0) is 210 Å². The van der Waals surface area contributed by atoms with Crippen molar-refractivity contribution >= 4 is 195 Å². The molecule has 4 aromatic heterocycles. The second-order valence-electron chi connectivity index (χ2n) is 27.0. The Balaban J connectivity index is 0.000000137. The number of nitrogens with one attached hydrogen (secondary N) is 2. The minimum absolute atomic E-state index is 0.158. The van der Waals surface area contributed by atoms with E-state index in [-0.39, 0.29) is 42.1 Å². The van der Waals surface area contributed by atoms with Gasteiger partial charge in [-0.3, -0.25) is 24.0 Å². The molecule has 574 valence electrons. The number of aliphatic carboxylic acids is 1. The number of ketones is 5. The number of alkyl halides is 6. The molecule has 0 bridgehead atoms. The molecule has 4 fully saturated rings. The van der Waals surface area contributed by atoms with Crippen LogP contribution in [0, 0.1) is 0 Å². The van der Waals surface area contributed by atoms with Crippen LogP contribution in [0.5, 0.6) is 0 Å². The number of benzene rings is 4. The predicted octanol–water partition coefficient (Wildman–Crippen LogP) is 20.2. The highest BCUT2D eigenvalue weighted by Gasteiger charge is 2.34. The van der Waals surface area contributed by atoms with Crippen LogP contribution in [0.2, 0.25) is 0 Å². The normalized spacial score (nSPS) is 16.8. The topological polar surface area (TPSA) is 206 Å². The highest BCUT2D eigenvalue weighted by Crippen LogP contribution is 2.45. The van der Waals surface area contributed by atoms with Crippen molar-refractivity contribution in [1.82, 2.24) is 20.4 Å². The van der Waals surface area contributed by atoms with Crippen molar-refractivity contribution in [2.45, 2.75) is 91.6 Å². The standard InChI is InChI=1S/C21H18Cl3NO3S.C19H19NOS.2C18H17NOS.C5H6O3.C3H2Cl4O2/c22-21(23,24)12-28-20(27)25-8-5-13(6-9-25)18-15-4-2-1-3-14(15)11-17(26)19-16(18)7-10-29-19;1-20-9-6-13(7-10-20)18-15-5-3-2-4-14(15)12-17(21)19-16(18)8-11-22-19;2*20-16-11-13-3-1-2-4-14(13)17(12-5-8-19-9-6-12)15-7-10-21-18(15)16;1-4(6)2-3-5(7)8;4-2(8)9-1-3(5,6)7/h1-4,7,10H,5-6,8-9,11-12H2;2-5,8,11H,6-7,9-10,12H2,1H3;2*1-4,7,10,19H,5-6,8-9,11H2;2-3H,1H3,(H,7,8);1H2/b;;;;3-2+;. The molecule has 8 heterocycles. The first-order valence-corrected chi connectivity index (χ1v) is 42.0. The van der Waals surface area contributed by atoms with Crippen LogP contribution >= 0.6 is 127 Å². The lowest BCUT2D eigenvalue weighted by Gasteiger charge is -2.30. The summed E-state index contributed by atoms with van der Waals surface area (Å²) >= 11 is 43.5. The molecule has 4 saturated heterocycles. The fourth-order valence-electron chi connectivity index (χ4n) is 14.5. The molecular formula is C84H79Cl7N4O11S4. The molecule has 8 aliphatic rings. The van der Waals surface area contributed by atoms with E-state index >= 15 is 0 Å². The third kappa shape index (κ3) is 22.0. The number of Topliss-reactive ketones (excluding diaryl/α,β-unsaturated/α-hetero) is 4. The summed E-state index contributed by atoms with van der Waals surface area (Å²) in [5.74, 6) is -0.409. The van der Waals surface area contributed by atoms with E-state index in [2.05, 4.69) is 122 Å². The lowest BCUT2D eigenvalue weighted by molar-refractivity contribution is -0.131. The molecule has 1 amide bonds. The second kappa shape index (κ2) is 39.1. The lowest BCUT2D eigenvalue weighted by Crippen LogP contribution is -2.38. The van der Waals surface area contributed by atoms with Crippen molar-refractivity contribution < 1.29 is 52.9 Å². The first-order chi connectivity index (χ1) is 52.8. The maximum Gasteiger partial charge on any atom is 0.409 e. The van der Waals surface area contributed by atoms with Crippen LogP contribution in [0.3, 0.4) is 0 Å². The molecule has 0 saturated carbocycles. The summed E-state index contributed by atoms with van der Waals surface area (Å²) in [6, 6.07) is 41.8. The molecule has 15 nitrogen and oxygen atoms in total. The van der Waals surface area contributed by atoms with Gasteiger partial charge in [0.15, 0.2) is 28.9 Å². The monoisotopic (exact) mass is 1690 g/mol. The van der Waals surface area contributed by atoms with Gasteiger partial charge in [-0.1, -0.05) is 189 Å². The molecule has 0 radical (unpaired) electrons. The Hall–Kier alpha value is -7.15. The van der Waals surface area contributed by atoms with Crippen molar-refractivity contribution in [2.24, 2.45) is 0 Å². The summed E-state index contributed by atoms with van der Waals surface area (Å²) < 4.78 is 6.03. The van der Waals surface area contributed by atoms with Gasteiger partial charge in [0.25, 0.3) is 0 Å². The second-order valence-corrected chi connectivity index (χ2v) is 36.0. The van der Waals surface area contributed by atoms with E-state index in [1.807, 2.05) is 47.8 Å². The molecule has 0 spiro atoms. The van der Waals surface area contributed by atoms with Crippen molar-refractivity contribution in [3.8, 4) is 0 Å². The van der Waals surface area contributed by atoms with Gasteiger partial charge < -0.3 is 35.0 Å². The molecule has 4 aliphatic carbocycles. The summed E-state index contributed by atoms with van der Waals surface area (Å²) in [6.07, 6.45) is 11.2. The first kappa shape index (κ1) is 83.8. The highest BCUT2D eigenvalue weighted by molar-refractivity contribution is 7.13. The number of rotatable bonds is 4. The number of carbonyl (C=O) groups is 8. The van der Waals surface area contributed by atoms with E-state index in [0.29, 0.717) is 51.6 Å². The molecule has 8 aromatic rings. The number of halogens is 7. The van der Waals surface area contributed by atoms with Gasteiger partial charge in [0, 0.05) is 91.8 Å². The lowest BCUT2D eigenvalue weighted by atomic mass is 9.88. The molecule has 26 heteroatoms. The number of amides is 1. The minimum Gasteiger partial charge on any atom is -0.478 e. The number of carboxylic acid groups (broad SMARTS) is 1. The van der Waals surface area contributed by atoms with Gasteiger partial charge in [-0.2, -0.15) is 0 Å². The van der Waals surface area contributed by atoms with Crippen molar-refractivity contribution in [3.05, 3.63) is 264 Å². The predicted molar refractivity (Wildman–Crippen MR) is 448 cm³/mol. The maximum absolute atomic E-state index is 12.7. The summed E-state index contributed by atoms with van der Waals surface area (Å²) in [6.45, 7) is 8.07. The zero-order valence-electron chi connectivity index (χ0n) is 60.3. The minimum atomic E-state index is -1.62. The zero-order chi connectivity index (χ0) is 78.2. The van der Waals surface area contributed by atoms with Gasteiger partial charge in [0.2, 0.25) is 7.59 Å². The Bertz CT molecular complexity index is 4770. The van der Waals surface area contributed by atoms with E-state index in [9.17, 15) is 38.4 Å². The SMILES string of the molecule is CC(=O)/C=C/C(=O)O.CN1CCC(=C2c3ccccc3CC(=O)c3sccc32)CC1.O=C(Cl)OCC(Cl)(Cl)Cl.O=C1Cc2ccccc2C(=C2CCN(C(=O)OCC(Cl)(Cl)Cl)CC2)c2ccsc21.O=C1Cc2ccccc2C(=C2CCNCC2)c2ccsc21.O=C1Cc2ccccc2C(=C2CCNCC2)c2ccsc21. The van der Waals surface area contributed by atoms with Gasteiger partial charge in [-0.15, -0.1) is 45.3 Å². The van der Waals surface area contributed by atoms with Crippen LogP contribution in [0.15, 0.2) is 177 Å². The van der Waals surface area contributed by atoms with E-state index in [1.54, 1.807) is 38.9 Å². The molecule has 110 heavy (non-hydrogen) atoms. The average molecular weight is 1700 g/mol. The Labute approximate surface area is 690 Å². The number of hydrogen-bond acceptors (Lipinski definition) is 17. The summed E-state index contributed by atoms with van der Waals surface area (Å²) in [5, 5.41) is 22.9. The number of piperidine rings is 4. The fourth-order valence-corrected chi connectivity index (χ4v) is 18.3. The highest BCUT2D eigenvalue weighted by atomic mass is 35.6. The number of allylic oxidation sites excluding steroid dienone is 1. The molecule has 0 unspecified atom stereocenters. The van der Waals surface area contributed by atoms with Crippen LogP contribution < -0.4 is 10.6 Å². The van der Waals surface area contributed by atoms with E-state index < -0.39 is 25.1 Å². The number of likely N-dealkylation sites (tertiary alicyclic amines) is 2. The van der Waals surface area contributed by atoms with Gasteiger partial charge in [0.1, 0.15) is 13.2 Å². The van der Waals surface area contributed by atoms with Crippen LogP contribution in [0.25, 0.3) is 22.3 Å². The summed E-state index contributed by atoms with van der Waals surface area (Å²) in [7, 11) is 2.18. The van der Waals surface area contributed by atoms with Crippen LogP contribution in [0.4, 0.5) is 9.59 Å². The molecule has 0 atom stereocenters. The van der Waals surface area contributed by atoms with Gasteiger partial charge >= 0.3 is 17.5 Å². The van der Waals surface area contributed by atoms with Gasteiger partial charge in [0.05, 0.1) is 19.5 Å². The fraction of sp³-hybridized carbons (Fsp3) is 0.310. The van der Waals surface area contributed by atoms with Crippen LogP contribution in [-0.2, 0) is 44.7 Å². The maximum atomic E-state index is 12.7. The van der Waals surface area contributed by atoms with E-state index in [4.69, 9.17) is 91.0 Å². The summed E-state index contributed by atoms with van der Waals surface area (Å²) in [4.78, 5) is 99.8. The molecule has 3 N–H and O–H groups in total. The number of ether oxygens (including phenoxy) is 2. The smallest absolute Gasteiger partial charge is 0.409 e. The van der Waals surface area contributed by atoms with Crippen molar-refractivity contribution in [3.63, 3.8) is 0 Å². The van der Waals surface area contributed by atoms with Crippen LogP contribution in [-0.4, -0.2) is 142 Å². The summed E-state index contributed by atoms with van der Waals surface area (Å²) in [5.41, 5.74) is 23.9. The number of fused-ring (bicyclic) bond motifs is 8. The Morgan fingerprint density at radius 2 is 0.718 bits per heavy atom. The zero-order valence-corrected chi connectivity index (χ0v) is 68.8. The Kier molecular flexibility index (Phi) is 29.7. The average Bonchev–Trinajstić information content (AvgIpc) is 1.64. The quantitative estimate of drug-likeness (QED) is 0.0852. The third-order valence-corrected chi connectivity index (χ3v) is 24.1. The molecule has 16 rings (SSSR count). The molecular weight excluding hydrogens is 1620 g/mol. The molecule has 4 aliphatic heterocycles. The number of thiophene rings is 4. The number of nitrogens with zero attached hydrogens (tertiary/aromatic N) is 2.